The summed E-state index contributed by atoms with van der Waals surface area (Å²) in [4.78, 5) is 23.4. The van der Waals surface area contributed by atoms with Crippen LogP contribution in [0.15, 0.2) is 36.5 Å². The van der Waals surface area contributed by atoms with Crippen LogP contribution in [0.1, 0.15) is 38.8 Å². The van der Waals surface area contributed by atoms with Crippen molar-refractivity contribution in [3.05, 3.63) is 42.2 Å². The first-order chi connectivity index (χ1) is 11.1. The molecule has 1 saturated carbocycles. The number of para-hydroxylation sites is 2. The maximum atomic E-state index is 12.5. The lowest BCUT2D eigenvalue weighted by atomic mass is 10.1. The predicted molar refractivity (Wildman–Crippen MR) is 92.8 cm³/mol. The summed E-state index contributed by atoms with van der Waals surface area (Å²) in [5.41, 5.74) is 2.44. The van der Waals surface area contributed by atoms with Gasteiger partial charge in [-0.05, 0) is 43.4 Å². The second-order valence-corrected chi connectivity index (χ2v) is 6.56. The molecule has 1 aliphatic carbocycles. The molecule has 0 atom stereocenters. The summed E-state index contributed by atoms with van der Waals surface area (Å²) in [6, 6.07) is 8.19. The van der Waals surface area contributed by atoms with Gasteiger partial charge in [0.15, 0.2) is 0 Å². The Kier molecular flexibility index (Phi) is 4.70. The highest BCUT2D eigenvalue weighted by molar-refractivity contribution is 5.92. The summed E-state index contributed by atoms with van der Waals surface area (Å²) in [5, 5.41) is 0. The zero-order chi connectivity index (χ0) is 16.2. The van der Waals surface area contributed by atoms with E-state index in [1.165, 1.54) is 0 Å². The van der Waals surface area contributed by atoms with E-state index >= 15 is 0 Å². The second-order valence-electron chi connectivity index (χ2n) is 6.56. The highest BCUT2D eigenvalue weighted by atomic mass is 16.2. The average Bonchev–Trinajstić information content (AvgIpc) is 3.37. The van der Waals surface area contributed by atoms with Crippen molar-refractivity contribution in [1.29, 1.82) is 0 Å². The molecular formula is C19H23N3O. The number of amides is 1. The summed E-state index contributed by atoms with van der Waals surface area (Å²) in [6.45, 7) is 5.22. The number of benzene rings is 1. The minimum atomic E-state index is 0.0862. The van der Waals surface area contributed by atoms with Gasteiger partial charge in [0.1, 0.15) is 0 Å². The summed E-state index contributed by atoms with van der Waals surface area (Å²) >= 11 is 0. The molecule has 0 spiro atoms. The van der Waals surface area contributed by atoms with E-state index in [1.807, 2.05) is 29.2 Å². The molecule has 3 rings (SSSR count). The van der Waals surface area contributed by atoms with Crippen LogP contribution in [0.3, 0.4) is 0 Å². The molecule has 23 heavy (non-hydrogen) atoms. The number of carbonyl (C=O) groups excluding carboxylic acids is 1. The third-order valence-corrected chi connectivity index (χ3v) is 4.08. The van der Waals surface area contributed by atoms with E-state index in [4.69, 9.17) is 0 Å². The standard InChI is InChI=1S/C19H23N3O/c1-14(2)11-12-22(16-8-9-16)19(23)10-7-15-13-20-17-5-3-4-6-18(17)21-15/h3-7,10,13-14,16H,8-9,11-12H2,1-2H3/b10-7+. The molecule has 1 aliphatic rings. The topological polar surface area (TPSA) is 46.1 Å². The van der Waals surface area contributed by atoms with E-state index in [2.05, 4.69) is 23.8 Å². The largest absolute Gasteiger partial charge is 0.336 e. The smallest absolute Gasteiger partial charge is 0.246 e. The lowest BCUT2D eigenvalue weighted by Gasteiger charge is -2.21. The van der Waals surface area contributed by atoms with Crippen molar-refractivity contribution < 1.29 is 4.79 Å². The maximum absolute atomic E-state index is 12.5. The molecule has 0 unspecified atom stereocenters. The fraction of sp³-hybridized carbons (Fsp3) is 0.421. The van der Waals surface area contributed by atoms with Gasteiger partial charge in [0.25, 0.3) is 0 Å². The van der Waals surface area contributed by atoms with E-state index in [9.17, 15) is 4.79 Å². The Morgan fingerprint density at radius 1 is 1.30 bits per heavy atom. The Balaban J connectivity index is 1.70. The van der Waals surface area contributed by atoms with Gasteiger partial charge in [0.05, 0.1) is 22.9 Å². The lowest BCUT2D eigenvalue weighted by Crippen LogP contribution is -2.33. The zero-order valence-corrected chi connectivity index (χ0v) is 13.8. The molecular weight excluding hydrogens is 286 g/mol. The molecule has 0 radical (unpaired) electrons. The summed E-state index contributed by atoms with van der Waals surface area (Å²) < 4.78 is 0. The molecule has 4 heteroatoms. The number of carbonyl (C=O) groups is 1. The van der Waals surface area contributed by atoms with Crippen molar-refractivity contribution in [3.63, 3.8) is 0 Å². The molecule has 1 aromatic carbocycles. The molecule has 1 heterocycles. The van der Waals surface area contributed by atoms with Gasteiger partial charge in [0, 0.05) is 18.7 Å². The molecule has 4 nitrogen and oxygen atoms in total. The van der Waals surface area contributed by atoms with Crippen LogP contribution < -0.4 is 0 Å². The molecule has 0 bridgehead atoms. The van der Waals surface area contributed by atoms with Crippen LogP contribution in [0.5, 0.6) is 0 Å². The minimum Gasteiger partial charge on any atom is -0.336 e. The van der Waals surface area contributed by atoms with Gasteiger partial charge in [-0.2, -0.15) is 0 Å². The highest BCUT2D eigenvalue weighted by Crippen LogP contribution is 2.27. The first kappa shape index (κ1) is 15.7. The van der Waals surface area contributed by atoms with Gasteiger partial charge in [-0.1, -0.05) is 26.0 Å². The number of hydrogen-bond acceptors (Lipinski definition) is 3. The molecule has 1 aromatic heterocycles. The van der Waals surface area contributed by atoms with Crippen LogP contribution in [0, 0.1) is 5.92 Å². The van der Waals surface area contributed by atoms with Crippen LogP contribution in [-0.2, 0) is 4.79 Å². The highest BCUT2D eigenvalue weighted by Gasteiger charge is 2.31. The van der Waals surface area contributed by atoms with Gasteiger partial charge in [-0.3, -0.25) is 9.78 Å². The molecule has 120 valence electrons. The van der Waals surface area contributed by atoms with Crippen molar-refractivity contribution in [2.45, 2.75) is 39.2 Å². The molecule has 2 aromatic rings. The fourth-order valence-electron chi connectivity index (χ4n) is 2.56. The van der Waals surface area contributed by atoms with Crippen molar-refractivity contribution >= 4 is 23.0 Å². The first-order valence-corrected chi connectivity index (χ1v) is 8.34. The number of rotatable bonds is 6. The van der Waals surface area contributed by atoms with Crippen molar-refractivity contribution in [2.75, 3.05) is 6.54 Å². The Labute approximate surface area is 137 Å². The molecule has 0 N–H and O–H groups in total. The summed E-state index contributed by atoms with van der Waals surface area (Å²) in [7, 11) is 0. The average molecular weight is 309 g/mol. The van der Waals surface area contributed by atoms with E-state index < -0.39 is 0 Å². The number of fused-ring (bicyclic) bond motifs is 1. The SMILES string of the molecule is CC(C)CCN(C(=O)/C=C/c1cnc2ccccc2n1)C1CC1. The maximum Gasteiger partial charge on any atom is 0.246 e. The Hall–Kier alpha value is -2.23. The fourth-order valence-corrected chi connectivity index (χ4v) is 2.56. The first-order valence-electron chi connectivity index (χ1n) is 8.34. The third-order valence-electron chi connectivity index (χ3n) is 4.08. The monoisotopic (exact) mass is 309 g/mol. The molecule has 0 saturated heterocycles. The van der Waals surface area contributed by atoms with Crippen molar-refractivity contribution in [2.24, 2.45) is 5.92 Å². The van der Waals surface area contributed by atoms with Gasteiger partial charge in [-0.25, -0.2) is 4.98 Å². The van der Waals surface area contributed by atoms with E-state index in [1.54, 1.807) is 18.3 Å². The Morgan fingerprint density at radius 2 is 2.04 bits per heavy atom. The second kappa shape index (κ2) is 6.90. The van der Waals surface area contributed by atoms with Crippen molar-refractivity contribution in [3.8, 4) is 0 Å². The Bertz CT molecular complexity index is 719. The van der Waals surface area contributed by atoms with Crippen LogP contribution >= 0.6 is 0 Å². The minimum absolute atomic E-state index is 0.0862. The quantitative estimate of drug-likeness (QED) is 0.765. The van der Waals surface area contributed by atoms with Gasteiger partial charge >= 0.3 is 0 Å². The molecule has 0 aliphatic heterocycles. The normalized spacial score (nSPS) is 14.7. The van der Waals surface area contributed by atoms with Gasteiger partial charge in [0.2, 0.25) is 5.91 Å². The van der Waals surface area contributed by atoms with E-state index in [0.29, 0.717) is 12.0 Å². The van der Waals surface area contributed by atoms with Gasteiger partial charge in [-0.15, -0.1) is 0 Å². The zero-order valence-electron chi connectivity index (χ0n) is 13.8. The lowest BCUT2D eigenvalue weighted by molar-refractivity contribution is -0.126. The third kappa shape index (κ3) is 4.15. The van der Waals surface area contributed by atoms with Gasteiger partial charge < -0.3 is 4.90 Å². The molecule has 1 amide bonds. The number of nitrogens with zero attached hydrogens (tertiary/aromatic N) is 3. The number of aromatic nitrogens is 2. The van der Waals surface area contributed by atoms with E-state index in [-0.39, 0.29) is 5.91 Å². The predicted octanol–water partition coefficient (Wildman–Crippen LogP) is 3.68. The van der Waals surface area contributed by atoms with Crippen LogP contribution in [0.4, 0.5) is 0 Å². The van der Waals surface area contributed by atoms with Crippen molar-refractivity contribution in [1.82, 2.24) is 14.9 Å². The molecule has 1 fully saturated rings. The Morgan fingerprint density at radius 3 is 2.74 bits per heavy atom. The van der Waals surface area contributed by atoms with Crippen LogP contribution in [0.25, 0.3) is 17.1 Å². The summed E-state index contributed by atoms with van der Waals surface area (Å²) in [5.74, 6) is 0.697. The number of hydrogen-bond donors (Lipinski definition) is 0. The summed E-state index contributed by atoms with van der Waals surface area (Å²) in [6.07, 6.45) is 8.43. The van der Waals surface area contributed by atoms with E-state index in [0.717, 1.165) is 42.5 Å². The van der Waals surface area contributed by atoms with Crippen LogP contribution in [0.2, 0.25) is 0 Å². The van der Waals surface area contributed by atoms with Crippen LogP contribution in [-0.4, -0.2) is 33.4 Å².